The maximum atomic E-state index is 11.8. The number of benzene rings is 1. The Hall–Kier alpha value is -1.000. The molecule has 160 valence electrons. The van der Waals surface area contributed by atoms with Crippen molar-refractivity contribution in [3.8, 4) is 0 Å². The number of halogens is 1. The Bertz CT molecular complexity index is 583. The summed E-state index contributed by atoms with van der Waals surface area (Å²) in [4.78, 5) is 19.1. The molecule has 0 aliphatic rings. The van der Waals surface area contributed by atoms with Crippen molar-refractivity contribution in [3.05, 3.63) is 30.3 Å². The van der Waals surface area contributed by atoms with Crippen LogP contribution in [0.4, 0.5) is 0 Å². The van der Waals surface area contributed by atoms with E-state index in [9.17, 15) is 4.79 Å². The summed E-state index contributed by atoms with van der Waals surface area (Å²) in [7, 11) is 5.20. The molecule has 0 aliphatic carbocycles. The molecule has 2 N–H and O–H groups in total. The van der Waals surface area contributed by atoms with Gasteiger partial charge in [0.05, 0.1) is 0 Å². The summed E-state index contributed by atoms with van der Waals surface area (Å²) in [6, 6.07) is 10.3. The van der Waals surface area contributed by atoms with Crippen molar-refractivity contribution >= 4 is 47.6 Å². The number of nitrogens with one attached hydrogen (secondary N) is 2. The molecule has 28 heavy (non-hydrogen) atoms. The minimum Gasteiger partial charge on any atom is -0.385 e. The zero-order valence-corrected chi connectivity index (χ0v) is 20.8. The summed E-state index contributed by atoms with van der Waals surface area (Å²) >= 11 is 1.79. The van der Waals surface area contributed by atoms with Crippen LogP contribution in [0.15, 0.2) is 40.2 Å². The molecule has 0 radical (unpaired) electrons. The van der Waals surface area contributed by atoms with Crippen molar-refractivity contribution in [2.75, 3.05) is 53.2 Å². The van der Waals surface area contributed by atoms with Crippen LogP contribution in [0.2, 0.25) is 0 Å². The smallest absolute Gasteiger partial charge is 0.243 e. The molecule has 0 saturated heterocycles. The van der Waals surface area contributed by atoms with E-state index in [0.717, 1.165) is 31.9 Å². The molecule has 0 bridgehead atoms. The van der Waals surface area contributed by atoms with E-state index in [1.807, 2.05) is 18.2 Å². The summed E-state index contributed by atoms with van der Waals surface area (Å²) < 4.78 is 5.18. The van der Waals surface area contributed by atoms with E-state index in [-0.39, 0.29) is 41.8 Å². The van der Waals surface area contributed by atoms with E-state index in [1.54, 1.807) is 37.9 Å². The van der Waals surface area contributed by atoms with Crippen molar-refractivity contribution in [1.82, 2.24) is 15.5 Å². The number of nitrogens with zero attached hydrogens (tertiary/aromatic N) is 2. The van der Waals surface area contributed by atoms with Gasteiger partial charge in [-0.25, -0.2) is 4.99 Å². The highest BCUT2D eigenvalue weighted by molar-refractivity contribution is 14.0. The molecule has 0 unspecified atom stereocenters. The number of aliphatic imine (C=N–C) groups is 1. The topological polar surface area (TPSA) is 66.0 Å². The number of hydrogen-bond donors (Lipinski definition) is 2. The maximum Gasteiger partial charge on any atom is 0.243 e. The lowest BCUT2D eigenvalue weighted by Crippen LogP contribution is -2.43. The van der Waals surface area contributed by atoms with Crippen LogP contribution in [-0.2, 0) is 9.53 Å². The van der Waals surface area contributed by atoms with E-state index in [2.05, 4.69) is 41.6 Å². The van der Waals surface area contributed by atoms with Gasteiger partial charge in [-0.15, -0.1) is 35.7 Å². The first-order valence-electron chi connectivity index (χ1n) is 9.23. The lowest BCUT2D eigenvalue weighted by atomic mass is 9.90. The van der Waals surface area contributed by atoms with Gasteiger partial charge in [0, 0.05) is 51.5 Å². The molecular weight excluding hydrogens is 487 g/mol. The molecule has 0 aliphatic heterocycles. The number of guanidine groups is 1. The fraction of sp³-hybridized carbons (Fsp3) is 0.600. The van der Waals surface area contributed by atoms with Gasteiger partial charge in [0.1, 0.15) is 6.54 Å². The number of hydrogen-bond acceptors (Lipinski definition) is 4. The van der Waals surface area contributed by atoms with E-state index >= 15 is 0 Å². The average Bonchev–Trinajstić information content (AvgIpc) is 2.65. The normalized spacial score (nSPS) is 11.5. The molecule has 0 spiro atoms. The van der Waals surface area contributed by atoms with Crippen LogP contribution in [0.5, 0.6) is 0 Å². The van der Waals surface area contributed by atoms with E-state index in [1.165, 1.54) is 4.90 Å². The van der Waals surface area contributed by atoms with Crippen molar-refractivity contribution in [1.29, 1.82) is 0 Å². The van der Waals surface area contributed by atoms with E-state index in [0.29, 0.717) is 5.96 Å². The van der Waals surface area contributed by atoms with Gasteiger partial charge in [0.15, 0.2) is 5.96 Å². The number of methoxy groups -OCH3 is 1. The Kier molecular flexibility index (Phi) is 14.4. The Morgan fingerprint density at radius 3 is 2.50 bits per heavy atom. The first kappa shape index (κ1) is 27.0. The van der Waals surface area contributed by atoms with E-state index < -0.39 is 0 Å². The number of likely N-dealkylation sites (N-methyl/N-ethyl adjacent to an activating group) is 1. The highest BCUT2D eigenvalue weighted by Crippen LogP contribution is 2.18. The van der Waals surface area contributed by atoms with Gasteiger partial charge in [-0.05, 0) is 24.0 Å². The van der Waals surface area contributed by atoms with Crippen molar-refractivity contribution in [3.63, 3.8) is 0 Å². The minimum atomic E-state index is -0.0200. The Labute approximate surface area is 191 Å². The van der Waals surface area contributed by atoms with Gasteiger partial charge in [-0.3, -0.25) is 4.79 Å². The third-order valence-corrected chi connectivity index (χ3v) is 5.01. The van der Waals surface area contributed by atoms with Crippen LogP contribution in [-0.4, -0.2) is 70.0 Å². The molecular formula is C20H35IN4O2S. The highest BCUT2D eigenvalue weighted by Gasteiger charge is 2.18. The predicted molar refractivity (Wildman–Crippen MR) is 130 cm³/mol. The molecule has 1 amide bonds. The molecule has 0 fully saturated rings. The quantitative estimate of drug-likeness (QED) is 0.154. The largest absolute Gasteiger partial charge is 0.385 e. The predicted octanol–water partition coefficient (Wildman–Crippen LogP) is 3.08. The fourth-order valence-electron chi connectivity index (χ4n) is 2.11. The molecule has 0 aromatic heterocycles. The standard InChI is InChI=1S/C20H34N4O2S.HI/c1-20(2,11-13-26-5)16-23-19(22-15-18(25)24(3)4)21-12-14-27-17-9-7-6-8-10-17;/h6-10H,11-16H2,1-5H3,(H2,21,22,23);1H. The molecule has 0 atom stereocenters. The van der Waals surface area contributed by atoms with Crippen LogP contribution in [0.3, 0.4) is 0 Å². The fourth-order valence-corrected chi connectivity index (χ4v) is 2.90. The van der Waals surface area contributed by atoms with Gasteiger partial charge in [0.25, 0.3) is 0 Å². The SMILES string of the molecule is COCCC(C)(C)CNC(=NCC(=O)N(C)C)NCCSc1ccccc1.I. The summed E-state index contributed by atoms with van der Waals surface area (Å²) in [6.07, 6.45) is 0.949. The Morgan fingerprint density at radius 1 is 1.21 bits per heavy atom. The van der Waals surface area contributed by atoms with Crippen LogP contribution in [0.25, 0.3) is 0 Å². The number of rotatable bonds is 11. The molecule has 1 aromatic carbocycles. The second-order valence-electron chi connectivity index (χ2n) is 7.30. The number of amides is 1. The third kappa shape index (κ3) is 12.5. The zero-order valence-electron chi connectivity index (χ0n) is 17.7. The molecule has 1 aromatic rings. The summed E-state index contributed by atoms with van der Waals surface area (Å²) in [6.45, 7) is 6.75. The summed E-state index contributed by atoms with van der Waals surface area (Å²) in [5, 5.41) is 6.69. The average molecular weight is 522 g/mol. The summed E-state index contributed by atoms with van der Waals surface area (Å²) in [5.41, 5.74) is 0.0722. The molecule has 1 rings (SSSR count). The van der Waals surface area contributed by atoms with Crippen molar-refractivity contribution < 1.29 is 9.53 Å². The van der Waals surface area contributed by atoms with Crippen LogP contribution in [0.1, 0.15) is 20.3 Å². The summed E-state index contributed by atoms with van der Waals surface area (Å²) in [5.74, 6) is 1.57. The van der Waals surface area contributed by atoms with Crippen LogP contribution in [0, 0.1) is 5.41 Å². The lowest BCUT2D eigenvalue weighted by molar-refractivity contribution is -0.127. The molecule has 8 heteroatoms. The molecule has 0 saturated carbocycles. The lowest BCUT2D eigenvalue weighted by Gasteiger charge is -2.26. The van der Waals surface area contributed by atoms with Gasteiger partial charge in [-0.2, -0.15) is 0 Å². The van der Waals surface area contributed by atoms with Gasteiger partial charge in [-0.1, -0.05) is 32.0 Å². The second kappa shape index (κ2) is 14.9. The van der Waals surface area contributed by atoms with Gasteiger partial charge < -0.3 is 20.3 Å². The van der Waals surface area contributed by atoms with Crippen molar-refractivity contribution in [2.24, 2.45) is 10.4 Å². The molecule has 0 heterocycles. The number of thioether (sulfide) groups is 1. The van der Waals surface area contributed by atoms with Crippen molar-refractivity contribution in [2.45, 2.75) is 25.2 Å². The van der Waals surface area contributed by atoms with E-state index in [4.69, 9.17) is 4.74 Å². The monoisotopic (exact) mass is 522 g/mol. The number of carbonyl (C=O) groups is 1. The first-order valence-corrected chi connectivity index (χ1v) is 10.2. The number of ether oxygens (including phenoxy) is 1. The number of carbonyl (C=O) groups excluding carboxylic acids is 1. The Morgan fingerprint density at radius 2 is 1.89 bits per heavy atom. The van der Waals surface area contributed by atoms with Gasteiger partial charge >= 0.3 is 0 Å². The highest BCUT2D eigenvalue weighted by atomic mass is 127. The zero-order chi connectivity index (χ0) is 20.1. The van der Waals surface area contributed by atoms with Crippen LogP contribution < -0.4 is 10.6 Å². The minimum absolute atomic E-state index is 0. The second-order valence-corrected chi connectivity index (χ2v) is 8.47. The van der Waals surface area contributed by atoms with Gasteiger partial charge in [0.2, 0.25) is 5.91 Å². The maximum absolute atomic E-state index is 11.8. The Balaban J connectivity index is 0.00000729. The van der Waals surface area contributed by atoms with Crippen LogP contribution >= 0.6 is 35.7 Å². The first-order chi connectivity index (χ1) is 12.8. The third-order valence-electron chi connectivity index (χ3n) is 4.00. The molecule has 6 nitrogen and oxygen atoms in total.